The third kappa shape index (κ3) is 6.05. The lowest BCUT2D eigenvalue weighted by Crippen LogP contribution is -2.37. The van der Waals surface area contributed by atoms with Crippen molar-refractivity contribution in [3.63, 3.8) is 0 Å². The largest absolute Gasteiger partial charge is 0.513 e. The summed E-state index contributed by atoms with van der Waals surface area (Å²) in [5.74, 6) is -3.61. The Balaban J connectivity index is 2.30. The first-order valence-electron chi connectivity index (χ1n) is 8.17. The van der Waals surface area contributed by atoms with E-state index in [1.54, 1.807) is 32.0 Å². The summed E-state index contributed by atoms with van der Waals surface area (Å²) in [6.45, 7) is 4.67. The van der Waals surface area contributed by atoms with E-state index in [1.165, 1.54) is 19.1 Å². The molecule has 6 nitrogen and oxygen atoms in total. The highest BCUT2D eigenvalue weighted by molar-refractivity contribution is 7.52. The Hall–Kier alpha value is -2.44. The van der Waals surface area contributed by atoms with Crippen molar-refractivity contribution >= 4 is 13.7 Å². The Morgan fingerprint density at radius 1 is 0.963 bits per heavy atom. The molecule has 9 heteroatoms. The molecule has 0 aliphatic carbocycles. The summed E-state index contributed by atoms with van der Waals surface area (Å²) in [4.78, 5) is 12.0. The Morgan fingerprint density at radius 2 is 1.56 bits per heavy atom. The average molecular weight is 399 g/mol. The number of para-hydroxylation sites is 2. The third-order valence-electron chi connectivity index (χ3n) is 3.16. The van der Waals surface area contributed by atoms with Crippen LogP contribution < -0.4 is 14.1 Å². The van der Waals surface area contributed by atoms with E-state index in [-0.39, 0.29) is 5.75 Å². The van der Waals surface area contributed by atoms with Crippen LogP contribution >= 0.6 is 7.75 Å². The molecule has 0 aromatic heterocycles. The van der Waals surface area contributed by atoms with E-state index in [9.17, 15) is 18.1 Å². The van der Waals surface area contributed by atoms with E-state index >= 15 is 0 Å². The van der Waals surface area contributed by atoms with Crippen molar-refractivity contribution in [2.24, 2.45) is 0 Å². The summed E-state index contributed by atoms with van der Waals surface area (Å²) in [5.41, 5.74) is 0. The minimum absolute atomic E-state index is 0.120. The summed E-state index contributed by atoms with van der Waals surface area (Å²) in [5, 5.41) is 2.35. The minimum atomic E-state index is -4.40. The fourth-order valence-electron chi connectivity index (χ4n) is 2.01. The summed E-state index contributed by atoms with van der Waals surface area (Å²) in [6, 6.07) is 9.78. The van der Waals surface area contributed by atoms with E-state index in [0.29, 0.717) is 0 Å². The lowest BCUT2D eigenvalue weighted by Gasteiger charge is -2.23. The standard InChI is InChI=1S/C18H20F2NO5P/c1-12(2)24-18(22)13(3)21-27(23,25-14-8-5-4-6-9-14)26-17-15(19)10-7-11-16(17)20/h4-13H,1-3H3,(H,21,23)/t13-,27?/m0/s1. The maximum Gasteiger partial charge on any atom is 0.513 e. The molecule has 0 heterocycles. The van der Waals surface area contributed by atoms with Gasteiger partial charge in [-0.15, -0.1) is 0 Å². The summed E-state index contributed by atoms with van der Waals surface area (Å²) >= 11 is 0. The summed E-state index contributed by atoms with van der Waals surface area (Å²) in [7, 11) is -4.40. The fourth-order valence-corrected chi connectivity index (χ4v) is 3.54. The van der Waals surface area contributed by atoms with Crippen molar-refractivity contribution in [2.45, 2.75) is 32.9 Å². The number of hydrogen-bond donors (Lipinski definition) is 1. The monoisotopic (exact) mass is 399 g/mol. The van der Waals surface area contributed by atoms with Crippen LogP contribution in [0.2, 0.25) is 0 Å². The van der Waals surface area contributed by atoms with Gasteiger partial charge >= 0.3 is 13.7 Å². The molecule has 2 atom stereocenters. The first-order chi connectivity index (χ1) is 12.7. The Kier molecular flexibility index (Phi) is 6.93. The molecule has 2 rings (SSSR count). The van der Waals surface area contributed by atoms with Crippen LogP contribution in [-0.2, 0) is 14.1 Å². The lowest BCUT2D eigenvalue weighted by molar-refractivity contribution is -0.149. The molecule has 0 saturated heterocycles. The molecule has 0 aliphatic heterocycles. The number of hydrogen-bond acceptors (Lipinski definition) is 5. The first kappa shape index (κ1) is 20.9. The number of nitrogens with one attached hydrogen (secondary N) is 1. The van der Waals surface area contributed by atoms with E-state index in [1.807, 2.05) is 0 Å². The van der Waals surface area contributed by atoms with Gasteiger partial charge in [-0.05, 0) is 45.0 Å². The van der Waals surface area contributed by atoms with Gasteiger partial charge in [-0.2, -0.15) is 5.09 Å². The van der Waals surface area contributed by atoms with Gasteiger partial charge in [0, 0.05) is 0 Å². The van der Waals surface area contributed by atoms with Crippen molar-refractivity contribution in [3.05, 3.63) is 60.2 Å². The number of benzene rings is 2. The molecule has 0 aliphatic rings. The molecule has 1 N–H and O–H groups in total. The van der Waals surface area contributed by atoms with Crippen molar-refractivity contribution in [1.82, 2.24) is 5.09 Å². The van der Waals surface area contributed by atoms with Crippen molar-refractivity contribution < 1.29 is 31.9 Å². The highest BCUT2D eigenvalue weighted by atomic mass is 31.2. The van der Waals surface area contributed by atoms with Crippen LogP contribution in [0.5, 0.6) is 11.5 Å². The van der Waals surface area contributed by atoms with Gasteiger partial charge in [-0.3, -0.25) is 4.79 Å². The van der Waals surface area contributed by atoms with E-state index in [4.69, 9.17) is 13.8 Å². The predicted molar refractivity (Wildman–Crippen MR) is 95.5 cm³/mol. The van der Waals surface area contributed by atoms with Gasteiger partial charge in [0.05, 0.1) is 6.10 Å². The van der Waals surface area contributed by atoms with Gasteiger partial charge in [-0.25, -0.2) is 13.3 Å². The van der Waals surface area contributed by atoms with E-state index in [2.05, 4.69) is 5.09 Å². The van der Waals surface area contributed by atoms with Crippen LogP contribution in [0, 0.1) is 11.6 Å². The van der Waals surface area contributed by atoms with Crippen LogP contribution in [0.4, 0.5) is 8.78 Å². The van der Waals surface area contributed by atoms with Gasteiger partial charge in [0.25, 0.3) is 0 Å². The molecular weight excluding hydrogens is 379 g/mol. The number of halogens is 2. The van der Waals surface area contributed by atoms with E-state index in [0.717, 1.165) is 18.2 Å². The zero-order valence-corrected chi connectivity index (χ0v) is 15.9. The highest BCUT2D eigenvalue weighted by Crippen LogP contribution is 2.46. The third-order valence-corrected chi connectivity index (χ3v) is 4.73. The van der Waals surface area contributed by atoms with Crippen LogP contribution in [-0.4, -0.2) is 18.1 Å². The van der Waals surface area contributed by atoms with Crippen LogP contribution in [0.3, 0.4) is 0 Å². The Morgan fingerprint density at radius 3 is 2.11 bits per heavy atom. The molecule has 2 aromatic rings. The SMILES string of the molecule is CC(C)OC(=O)[C@H](C)NP(=O)(Oc1ccccc1)Oc1c(F)cccc1F. The van der Waals surface area contributed by atoms with Gasteiger partial charge in [0.2, 0.25) is 5.75 Å². The van der Waals surface area contributed by atoms with Gasteiger partial charge < -0.3 is 13.8 Å². The predicted octanol–water partition coefficient (Wildman–Crippen LogP) is 4.46. The quantitative estimate of drug-likeness (QED) is 0.522. The Bertz CT molecular complexity index is 812. The molecule has 0 saturated carbocycles. The number of carbonyl (C=O) groups is 1. The topological polar surface area (TPSA) is 73.9 Å². The molecule has 0 spiro atoms. The van der Waals surface area contributed by atoms with Crippen molar-refractivity contribution in [3.8, 4) is 11.5 Å². The van der Waals surface area contributed by atoms with Crippen LogP contribution in [0.1, 0.15) is 20.8 Å². The number of esters is 1. The molecule has 0 radical (unpaired) electrons. The van der Waals surface area contributed by atoms with Gasteiger partial charge in [0.15, 0.2) is 11.6 Å². The van der Waals surface area contributed by atoms with Crippen LogP contribution in [0.25, 0.3) is 0 Å². The minimum Gasteiger partial charge on any atom is -0.462 e. The molecule has 2 aromatic carbocycles. The molecule has 1 unspecified atom stereocenters. The zero-order chi connectivity index (χ0) is 20.0. The maximum absolute atomic E-state index is 13.9. The van der Waals surface area contributed by atoms with E-state index < -0.39 is 43.2 Å². The van der Waals surface area contributed by atoms with Crippen molar-refractivity contribution in [1.29, 1.82) is 0 Å². The Labute approximate surface area is 156 Å². The highest BCUT2D eigenvalue weighted by Gasteiger charge is 2.35. The summed E-state index contributed by atoms with van der Waals surface area (Å²) < 4.78 is 56.4. The smallest absolute Gasteiger partial charge is 0.462 e. The molecular formula is C18H20F2NO5P. The molecule has 0 amide bonds. The fraction of sp³-hybridized carbons (Fsp3) is 0.278. The second-order valence-corrected chi connectivity index (χ2v) is 7.50. The zero-order valence-electron chi connectivity index (χ0n) is 15.0. The normalized spacial score (nSPS) is 14.3. The molecule has 0 bridgehead atoms. The molecule has 0 fully saturated rings. The van der Waals surface area contributed by atoms with Gasteiger partial charge in [-0.1, -0.05) is 24.3 Å². The lowest BCUT2D eigenvalue weighted by atomic mass is 10.3. The summed E-state index contributed by atoms with van der Waals surface area (Å²) in [6.07, 6.45) is -0.402. The second kappa shape index (κ2) is 8.97. The molecule has 146 valence electrons. The number of rotatable bonds is 8. The van der Waals surface area contributed by atoms with Gasteiger partial charge in [0.1, 0.15) is 11.8 Å². The van der Waals surface area contributed by atoms with Crippen molar-refractivity contribution in [2.75, 3.05) is 0 Å². The maximum atomic E-state index is 13.9. The number of carbonyl (C=O) groups excluding carboxylic acids is 1. The van der Waals surface area contributed by atoms with Crippen LogP contribution in [0.15, 0.2) is 48.5 Å². The number of ether oxygens (including phenoxy) is 1. The first-order valence-corrected chi connectivity index (χ1v) is 9.71. The average Bonchev–Trinajstić information content (AvgIpc) is 2.58. The molecule has 27 heavy (non-hydrogen) atoms. The second-order valence-electron chi connectivity index (χ2n) is 5.88.